The van der Waals surface area contributed by atoms with Crippen LogP contribution in [0.15, 0.2) is 18.2 Å². The van der Waals surface area contributed by atoms with Crippen LogP contribution in [-0.4, -0.2) is 38.3 Å². The zero-order valence-corrected chi connectivity index (χ0v) is 11.7. The third kappa shape index (κ3) is 4.75. The average molecular weight is 267 g/mol. The Morgan fingerprint density at radius 1 is 1.37 bits per heavy atom. The number of benzene rings is 1. The highest BCUT2D eigenvalue weighted by Gasteiger charge is 2.12. The predicted molar refractivity (Wildman–Crippen MR) is 77.0 cm³/mol. The monoisotopic (exact) mass is 267 g/mol. The summed E-state index contributed by atoms with van der Waals surface area (Å²) in [6, 6.07) is 5.03. The summed E-state index contributed by atoms with van der Waals surface area (Å²) in [5.41, 5.74) is 1.66. The number of nitro benzene ring substituents is 1. The number of hydrogen-bond acceptors (Lipinski definition) is 5. The van der Waals surface area contributed by atoms with E-state index in [1.807, 2.05) is 31.9 Å². The van der Waals surface area contributed by atoms with Gasteiger partial charge in [-0.25, -0.2) is 0 Å². The van der Waals surface area contributed by atoms with Crippen molar-refractivity contribution >= 4 is 17.1 Å². The predicted octanol–water partition coefficient (Wildman–Crippen LogP) is 2.50. The molecule has 19 heavy (non-hydrogen) atoms. The third-order valence-corrected chi connectivity index (χ3v) is 2.71. The molecule has 0 radical (unpaired) electrons. The van der Waals surface area contributed by atoms with Crippen molar-refractivity contribution in [1.29, 1.82) is 0 Å². The zero-order chi connectivity index (χ0) is 14.3. The molecule has 6 nitrogen and oxygen atoms in total. The molecule has 0 aromatic heterocycles. The molecule has 6 heteroatoms. The molecule has 0 aliphatic heterocycles. The van der Waals surface area contributed by atoms with Gasteiger partial charge in [0.2, 0.25) is 0 Å². The second-order valence-electron chi connectivity index (χ2n) is 4.14. The van der Waals surface area contributed by atoms with Crippen molar-refractivity contribution in [3.8, 4) is 0 Å². The molecule has 0 saturated carbocycles. The highest BCUT2D eigenvalue weighted by molar-refractivity contribution is 5.64. The molecule has 0 bridgehead atoms. The van der Waals surface area contributed by atoms with Crippen LogP contribution in [0.4, 0.5) is 17.1 Å². The molecular weight excluding hydrogens is 246 g/mol. The minimum absolute atomic E-state index is 0.0942. The summed E-state index contributed by atoms with van der Waals surface area (Å²) in [5, 5.41) is 14.0. The highest BCUT2D eigenvalue weighted by Crippen LogP contribution is 2.26. The smallest absolute Gasteiger partial charge is 0.273 e. The fraction of sp³-hybridized carbons (Fsp3) is 0.538. The number of likely N-dealkylation sites (N-methyl/N-ethyl adjacent to an activating group) is 1. The van der Waals surface area contributed by atoms with Crippen LogP contribution in [0, 0.1) is 10.1 Å². The number of nitro groups is 1. The van der Waals surface area contributed by atoms with Crippen molar-refractivity contribution in [1.82, 2.24) is 0 Å². The number of ether oxygens (including phenoxy) is 1. The second-order valence-corrected chi connectivity index (χ2v) is 4.14. The Morgan fingerprint density at radius 2 is 2.11 bits per heavy atom. The number of nitrogens with zero attached hydrogens (tertiary/aromatic N) is 2. The van der Waals surface area contributed by atoms with Gasteiger partial charge in [0, 0.05) is 50.3 Å². The van der Waals surface area contributed by atoms with Crippen molar-refractivity contribution in [2.24, 2.45) is 0 Å². The molecular formula is C13H21N3O3. The summed E-state index contributed by atoms with van der Waals surface area (Å²) in [4.78, 5) is 12.5. The molecule has 1 N–H and O–H groups in total. The Kier molecular flexibility index (Phi) is 6.08. The van der Waals surface area contributed by atoms with Crippen LogP contribution in [0.1, 0.15) is 13.8 Å². The fourth-order valence-electron chi connectivity index (χ4n) is 1.70. The molecule has 0 aliphatic carbocycles. The summed E-state index contributed by atoms with van der Waals surface area (Å²) in [6.45, 7) is 6.59. The van der Waals surface area contributed by atoms with E-state index in [0.717, 1.165) is 17.9 Å². The first kappa shape index (κ1) is 15.2. The molecule has 0 heterocycles. The molecule has 0 fully saturated rings. The van der Waals surface area contributed by atoms with Gasteiger partial charge in [-0.3, -0.25) is 10.1 Å². The Morgan fingerprint density at radius 3 is 2.68 bits per heavy atom. The van der Waals surface area contributed by atoms with Gasteiger partial charge in [-0.1, -0.05) is 0 Å². The summed E-state index contributed by atoms with van der Waals surface area (Å²) < 4.78 is 5.29. The van der Waals surface area contributed by atoms with Gasteiger partial charge < -0.3 is 15.0 Å². The maximum Gasteiger partial charge on any atom is 0.273 e. The third-order valence-electron chi connectivity index (χ3n) is 2.71. The van der Waals surface area contributed by atoms with E-state index in [1.165, 1.54) is 0 Å². The van der Waals surface area contributed by atoms with E-state index in [1.54, 1.807) is 12.1 Å². The van der Waals surface area contributed by atoms with Crippen molar-refractivity contribution in [2.75, 3.05) is 43.6 Å². The Labute approximate surface area is 113 Å². The molecule has 0 spiro atoms. The van der Waals surface area contributed by atoms with Gasteiger partial charge >= 0.3 is 0 Å². The van der Waals surface area contributed by atoms with Crippen molar-refractivity contribution in [3.63, 3.8) is 0 Å². The van der Waals surface area contributed by atoms with Crippen LogP contribution in [-0.2, 0) is 4.74 Å². The van der Waals surface area contributed by atoms with Crippen LogP contribution in [0.3, 0.4) is 0 Å². The zero-order valence-electron chi connectivity index (χ0n) is 11.7. The molecule has 0 aliphatic rings. The van der Waals surface area contributed by atoms with Crippen LogP contribution >= 0.6 is 0 Å². The average Bonchev–Trinajstić information content (AvgIpc) is 2.39. The topological polar surface area (TPSA) is 67.6 Å². The lowest BCUT2D eigenvalue weighted by Crippen LogP contribution is -2.22. The van der Waals surface area contributed by atoms with Gasteiger partial charge in [-0.2, -0.15) is 0 Å². The number of nitrogens with one attached hydrogen (secondary N) is 1. The lowest BCUT2D eigenvalue weighted by molar-refractivity contribution is -0.384. The molecule has 0 saturated heterocycles. The first-order chi connectivity index (χ1) is 9.08. The van der Waals surface area contributed by atoms with Crippen LogP contribution in [0.25, 0.3) is 0 Å². The normalized spacial score (nSPS) is 10.3. The summed E-state index contributed by atoms with van der Waals surface area (Å²) in [5.74, 6) is 0. The van der Waals surface area contributed by atoms with Crippen molar-refractivity contribution in [3.05, 3.63) is 28.3 Å². The van der Waals surface area contributed by atoms with E-state index >= 15 is 0 Å². The maximum atomic E-state index is 10.9. The van der Waals surface area contributed by atoms with Gasteiger partial charge in [0.15, 0.2) is 0 Å². The summed E-state index contributed by atoms with van der Waals surface area (Å²) in [7, 11) is 1.90. The SMILES string of the molecule is CCNc1cc(N(C)CCOCC)cc([N+](=O)[O-])c1. The lowest BCUT2D eigenvalue weighted by atomic mass is 10.2. The Bertz CT molecular complexity index is 424. The number of anilines is 2. The van der Waals surface area contributed by atoms with Crippen molar-refractivity contribution in [2.45, 2.75) is 13.8 Å². The minimum Gasteiger partial charge on any atom is -0.385 e. The van der Waals surface area contributed by atoms with Gasteiger partial charge in [-0.05, 0) is 19.9 Å². The maximum absolute atomic E-state index is 10.9. The second kappa shape index (κ2) is 7.58. The van der Waals surface area contributed by atoms with E-state index in [-0.39, 0.29) is 10.6 Å². The van der Waals surface area contributed by atoms with Crippen LogP contribution in [0.2, 0.25) is 0 Å². The largest absolute Gasteiger partial charge is 0.385 e. The Hall–Kier alpha value is -1.82. The van der Waals surface area contributed by atoms with Gasteiger partial charge in [-0.15, -0.1) is 0 Å². The number of hydrogen-bond donors (Lipinski definition) is 1. The van der Waals surface area contributed by atoms with Crippen LogP contribution < -0.4 is 10.2 Å². The number of non-ortho nitro benzene ring substituents is 1. The molecule has 0 amide bonds. The highest BCUT2D eigenvalue weighted by atomic mass is 16.6. The minimum atomic E-state index is -0.374. The first-order valence-electron chi connectivity index (χ1n) is 6.40. The molecule has 1 aromatic rings. The molecule has 0 atom stereocenters. The van der Waals surface area contributed by atoms with Gasteiger partial charge in [0.05, 0.1) is 11.5 Å². The molecule has 0 unspecified atom stereocenters. The van der Waals surface area contributed by atoms with E-state index in [4.69, 9.17) is 4.74 Å². The van der Waals surface area contributed by atoms with E-state index in [2.05, 4.69) is 5.32 Å². The first-order valence-corrected chi connectivity index (χ1v) is 6.40. The summed E-state index contributed by atoms with van der Waals surface area (Å²) in [6.07, 6.45) is 0. The van der Waals surface area contributed by atoms with E-state index in [9.17, 15) is 10.1 Å². The molecule has 1 rings (SSSR count). The van der Waals surface area contributed by atoms with E-state index in [0.29, 0.717) is 19.8 Å². The van der Waals surface area contributed by atoms with E-state index < -0.39 is 0 Å². The summed E-state index contributed by atoms with van der Waals surface area (Å²) >= 11 is 0. The fourth-order valence-corrected chi connectivity index (χ4v) is 1.70. The quantitative estimate of drug-likeness (QED) is 0.445. The molecule has 1 aromatic carbocycles. The standard InChI is InChI=1S/C13H21N3O3/c1-4-14-11-8-12(10-13(9-11)16(17)18)15(3)6-7-19-5-2/h8-10,14H,4-7H2,1-3H3. The van der Waals surface area contributed by atoms with Gasteiger partial charge in [0.25, 0.3) is 5.69 Å². The number of rotatable bonds is 8. The van der Waals surface area contributed by atoms with Crippen LogP contribution in [0.5, 0.6) is 0 Å². The Balaban J connectivity index is 2.88. The van der Waals surface area contributed by atoms with Crippen molar-refractivity contribution < 1.29 is 9.66 Å². The molecule has 106 valence electrons. The lowest BCUT2D eigenvalue weighted by Gasteiger charge is -2.20. The van der Waals surface area contributed by atoms with Gasteiger partial charge in [0.1, 0.15) is 0 Å².